The van der Waals surface area contributed by atoms with Gasteiger partial charge in [-0.1, -0.05) is 38.1 Å². The van der Waals surface area contributed by atoms with Crippen molar-refractivity contribution >= 4 is 12.0 Å². The molecule has 0 aliphatic carbocycles. The first-order valence-electron chi connectivity index (χ1n) is 12.9. The highest BCUT2D eigenvalue weighted by Crippen LogP contribution is 2.32. The quantitative estimate of drug-likeness (QED) is 0.444. The smallest absolute Gasteiger partial charge is 0.409 e. The lowest BCUT2D eigenvalue weighted by Crippen LogP contribution is -2.50. The van der Waals surface area contributed by atoms with E-state index in [1.54, 1.807) is 18.1 Å². The molecule has 1 N–H and O–H groups in total. The minimum Gasteiger partial charge on any atom is -0.504 e. The largest absolute Gasteiger partial charge is 0.504 e. The van der Waals surface area contributed by atoms with Gasteiger partial charge < -0.3 is 24.4 Å². The molecule has 7 nitrogen and oxygen atoms in total. The maximum atomic E-state index is 13.5. The molecule has 1 heterocycles. The van der Waals surface area contributed by atoms with Gasteiger partial charge in [0.1, 0.15) is 0 Å². The number of rotatable bonds is 10. The summed E-state index contributed by atoms with van der Waals surface area (Å²) in [5, 5.41) is 9.85. The molecule has 37 heavy (non-hydrogen) atoms. The molecular formula is C30H40N2O5. The van der Waals surface area contributed by atoms with Crippen LogP contribution in [-0.4, -0.2) is 67.3 Å². The van der Waals surface area contributed by atoms with Crippen LogP contribution in [0.2, 0.25) is 0 Å². The molecule has 2 aromatic carbocycles. The van der Waals surface area contributed by atoms with Crippen molar-refractivity contribution < 1.29 is 24.2 Å². The van der Waals surface area contributed by atoms with Gasteiger partial charge in [-0.3, -0.25) is 4.79 Å². The van der Waals surface area contributed by atoms with Gasteiger partial charge in [-0.05, 0) is 72.4 Å². The van der Waals surface area contributed by atoms with E-state index in [1.165, 1.54) is 12.7 Å². The number of methoxy groups -OCH3 is 2. The first-order chi connectivity index (χ1) is 17.7. The Kier molecular flexibility index (Phi) is 9.61. The summed E-state index contributed by atoms with van der Waals surface area (Å²) in [5.41, 5.74) is 4.16. The van der Waals surface area contributed by atoms with E-state index in [2.05, 4.69) is 26.5 Å². The number of amides is 2. The Balaban J connectivity index is 1.67. The first-order valence-corrected chi connectivity index (χ1v) is 12.9. The van der Waals surface area contributed by atoms with Crippen molar-refractivity contribution in [1.82, 2.24) is 9.80 Å². The maximum absolute atomic E-state index is 13.5. The third-order valence-corrected chi connectivity index (χ3v) is 7.26. The summed E-state index contributed by atoms with van der Waals surface area (Å²) in [5.74, 6) is 0.654. The molecule has 1 aliphatic rings. The van der Waals surface area contributed by atoms with E-state index in [0.29, 0.717) is 38.3 Å². The van der Waals surface area contributed by atoms with Gasteiger partial charge in [0, 0.05) is 31.7 Å². The number of hydrogen-bond acceptors (Lipinski definition) is 5. The van der Waals surface area contributed by atoms with Crippen LogP contribution in [0, 0.1) is 5.41 Å². The van der Waals surface area contributed by atoms with Crippen molar-refractivity contribution in [3.63, 3.8) is 0 Å². The fourth-order valence-corrected chi connectivity index (χ4v) is 4.80. The Morgan fingerprint density at radius 3 is 2.35 bits per heavy atom. The van der Waals surface area contributed by atoms with Crippen LogP contribution in [0.15, 0.2) is 49.1 Å². The van der Waals surface area contributed by atoms with Crippen molar-refractivity contribution in [1.29, 1.82) is 0 Å². The van der Waals surface area contributed by atoms with Gasteiger partial charge in [0.2, 0.25) is 0 Å². The molecule has 2 aromatic rings. The van der Waals surface area contributed by atoms with Crippen LogP contribution in [0.25, 0.3) is 0 Å². The monoisotopic (exact) mass is 508 g/mol. The third-order valence-electron chi connectivity index (χ3n) is 7.26. The molecule has 1 aliphatic heterocycles. The van der Waals surface area contributed by atoms with E-state index >= 15 is 0 Å². The van der Waals surface area contributed by atoms with Gasteiger partial charge in [-0.2, -0.15) is 0 Å². The number of carbonyl (C=O) groups is 2. The van der Waals surface area contributed by atoms with Crippen LogP contribution in [0.5, 0.6) is 11.5 Å². The number of allylic oxidation sites excluding steroid dienone is 1. The van der Waals surface area contributed by atoms with Crippen molar-refractivity contribution in [2.45, 2.75) is 46.0 Å². The summed E-state index contributed by atoms with van der Waals surface area (Å²) in [6, 6.07) is 11.5. The molecule has 0 saturated carbocycles. The molecule has 200 valence electrons. The van der Waals surface area contributed by atoms with E-state index in [0.717, 1.165) is 42.4 Å². The molecule has 0 bridgehead atoms. The molecule has 3 rings (SSSR count). The summed E-state index contributed by atoms with van der Waals surface area (Å²) in [6.07, 6.45) is 5.85. The average molecular weight is 509 g/mol. The zero-order valence-electron chi connectivity index (χ0n) is 22.6. The zero-order valence-corrected chi connectivity index (χ0v) is 22.6. The van der Waals surface area contributed by atoms with Gasteiger partial charge >= 0.3 is 6.09 Å². The second-order valence-electron chi connectivity index (χ2n) is 10.4. The number of benzene rings is 2. The minimum absolute atomic E-state index is 0.00348. The first kappa shape index (κ1) is 28.1. The maximum Gasteiger partial charge on any atom is 0.409 e. The molecule has 0 atom stereocenters. The second kappa shape index (κ2) is 12.7. The standard InChI is InChI=1S/C30H40N2O5/c1-6-8-24-23(14-16-30(2,3)15-13-22-11-12-26(33)27(21-22)36-4)9-7-10-25(24)28(34)31-17-19-32(20-18-31)29(35)37-5/h6-7,9-12,21,33H,1,8,13-20H2,2-5H3. The van der Waals surface area contributed by atoms with Gasteiger partial charge in [0.25, 0.3) is 5.91 Å². The van der Waals surface area contributed by atoms with Crippen molar-refractivity contribution in [2.24, 2.45) is 5.41 Å². The number of phenols is 1. The summed E-state index contributed by atoms with van der Waals surface area (Å²) in [4.78, 5) is 28.7. The van der Waals surface area contributed by atoms with Gasteiger partial charge in [-0.15, -0.1) is 6.58 Å². The number of phenolic OH excluding ortho intramolecular Hbond substituents is 1. The van der Waals surface area contributed by atoms with E-state index < -0.39 is 0 Å². The fourth-order valence-electron chi connectivity index (χ4n) is 4.80. The molecule has 2 amide bonds. The van der Waals surface area contributed by atoms with Crippen molar-refractivity contribution in [2.75, 3.05) is 40.4 Å². The molecule has 0 radical (unpaired) electrons. The van der Waals surface area contributed by atoms with E-state index in [4.69, 9.17) is 9.47 Å². The van der Waals surface area contributed by atoms with E-state index in [1.807, 2.05) is 35.2 Å². The van der Waals surface area contributed by atoms with Crippen LogP contribution in [0.4, 0.5) is 4.79 Å². The minimum atomic E-state index is -0.353. The molecule has 7 heteroatoms. The summed E-state index contributed by atoms with van der Waals surface area (Å²) in [6.45, 7) is 10.4. The van der Waals surface area contributed by atoms with Crippen molar-refractivity contribution in [3.05, 3.63) is 71.3 Å². The Labute approximate surface area is 220 Å². The van der Waals surface area contributed by atoms with Gasteiger partial charge in [0.05, 0.1) is 14.2 Å². The Morgan fingerprint density at radius 2 is 1.70 bits per heavy atom. The molecule has 0 aromatic heterocycles. The highest BCUT2D eigenvalue weighted by Gasteiger charge is 2.27. The fraction of sp³-hybridized carbons (Fsp3) is 0.467. The number of nitrogens with zero attached hydrogens (tertiary/aromatic N) is 2. The van der Waals surface area contributed by atoms with E-state index in [9.17, 15) is 14.7 Å². The van der Waals surface area contributed by atoms with E-state index in [-0.39, 0.29) is 23.2 Å². The SMILES string of the molecule is C=CCc1c(CCC(C)(C)CCc2ccc(O)c(OC)c2)cccc1C(=O)N1CCN(C(=O)OC)CC1. The molecule has 0 spiro atoms. The van der Waals surface area contributed by atoms with Crippen molar-refractivity contribution in [3.8, 4) is 11.5 Å². The lowest BCUT2D eigenvalue weighted by Gasteiger charge is -2.34. The summed E-state index contributed by atoms with van der Waals surface area (Å²) < 4.78 is 10.0. The molecule has 1 fully saturated rings. The number of ether oxygens (including phenoxy) is 2. The highest BCUT2D eigenvalue weighted by atomic mass is 16.5. The van der Waals surface area contributed by atoms with Crippen LogP contribution >= 0.6 is 0 Å². The number of carbonyl (C=O) groups excluding carboxylic acids is 2. The highest BCUT2D eigenvalue weighted by molar-refractivity contribution is 5.96. The number of aryl methyl sites for hydroxylation is 2. The van der Waals surface area contributed by atoms with Crippen LogP contribution in [0.3, 0.4) is 0 Å². The topological polar surface area (TPSA) is 79.3 Å². The van der Waals surface area contributed by atoms with Crippen LogP contribution in [0.1, 0.15) is 53.7 Å². The summed E-state index contributed by atoms with van der Waals surface area (Å²) >= 11 is 0. The molecule has 1 saturated heterocycles. The van der Waals surface area contributed by atoms with Crippen LogP contribution in [-0.2, 0) is 24.0 Å². The Bertz CT molecular complexity index is 1100. The number of aromatic hydroxyl groups is 1. The Hall–Kier alpha value is -3.48. The number of piperazine rings is 1. The predicted molar refractivity (Wildman–Crippen MR) is 145 cm³/mol. The van der Waals surface area contributed by atoms with Gasteiger partial charge in [-0.25, -0.2) is 4.79 Å². The second-order valence-corrected chi connectivity index (χ2v) is 10.4. The molecule has 0 unspecified atom stereocenters. The van der Waals surface area contributed by atoms with Crippen LogP contribution < -0.4 is 4.74 Å². The average Bonchev–Trinajstić information content (AvgIpc) is 2.91. The summed E-state index contributed by atoms with van der Waals surface area (Å²) in [7, 11) is 2.93. The lowest BCUT2D eigenvalue weighted by molar-refractivity contribution is 0.0598. The normalized spacial score (nSPS) is 13.8. The zero-order chi connectivity index (χ0) is 27.0. The number of hydrogen-bond donors (Lipinski definition) is 1. The lowest BCUT2D eigenvalue weighted by atomic mass is 9.80. The Morgan fingerprint density at radius 1 is 1.03 bits per heavy atom. The molecular weight excluding hydrogens is 468 g/mol. The third kappa shape index (κ3) is 7.28. The predicted octanol–water partition coefficient (Wildman–Crippen LogP) is 5.25. The van der Waals surface area contributed by atoms with Gasteiger partial charge in [0.15, 0.2) is 11.5 Å².